The lowest BCUT2D eigenvalue weighted by molar-refractivity contribution is -0.314. The zero-order chi connectivity index (χ0) is 30.6. The summed E-state index contributed by atoms with van der Waals surface area (Å²) in [6, 6.07) is 24.7. The maximum absolute atomic E-state index is 13.9. The van der Waals surface area contributed by atoms with Crippen molar-refractivity contribution in [3.05, 3.63) is 90.1 Å². The van der Waals surface area contributed by atoms with Crippen LogP contribution in [0, 0.1) is 0 Å². The summed E-state index contributed by atoms with van der Waals surface area (Å²) >= 11 is 0. The molecule has 6 N–H and O–H groups in total. The Morgan fingerprint density at radius 2 is 1.68 bits per heavy atom. The highest BCUT2D eigenvalue weighted by molar-refractivity contribution is 6.14. The molecule has 2 aliphatic rings. The molecule has 1 aliphatic carbocycles. The molecule has 4 aromatic carbocycles. The van der Waals surface area contributed by atoms with Crippen molar-refractivity contribution in [3.63, 3.8) is 0 Å². The molecule has 10 heteroatoms. The molecule has 10 nitrogen and oxygen atoms in total. The van der Waals surface area contributed by atoms with E-state index < -0.39 is 48.4 Å². The number of aliphatic hydroxyl groups is 5. The number of rotatable bonds is 7. The number of aromatic nitrogens is 1. The largest absolute Gasteiger partial charge is 0.422 e. The van der Waals surface area contributed by atoms with Crippen LogP contribution in [0.4, 0.5) is 0 Å². The molecule has 1 saturated heterocycles. The standard InChI is InChI=1S/C34H33NO9/c36-17-26-28(27-24-15-21-9-5-4-8-20(21)14-22(24)10-11-25(27)35-26)43-32(39)30-29(42-18-19-6-2-1-3-7-19)31(38)34(41,44-30)33(40)13-12-23(37)16-33/h1-11,14-15,23,29-31,35-38,40-41H,12-13,16-18H2. The molecule has 5 aromatic rings. The lowest BCUT2D eigenvalue weighted by atomic mass is 9.86. The van der Waals surface area contributed by atoms with Gasteiger partial charge in [0.05, 0.1) is 35.9 Å². The lowest BCUT2D eigenvalue weighted by Gasteiger charge is -2.39. The van der Waals surface area contributed by atoms with E-state index in [1.807, 2.05) is 66.7 Å². The van der Waals surface area contributed by atoms with Crippen LogP contribution in [0.15, 0.2) is 78.9 Å². The first kappa shape index (κ1) is 28.9. The van der Waals surface area contributed by atoms with Crippen molar-refractivity contribution >= 4 is 38.4 Å². The molecule has 6 atom stereocenters. The van der Waals surface area contributed by atoms with Crippen molar-refractivity contribution in [2.24, 2.45) is 0 Å². The van der Waals surface area contributed by atoms with Gasteiger partial charge in [0.2, 0.25) is 5.79 Å². The maximum Gasteiger partial charge on any atom is 0.343 e. The second kappa shape index (κ2) is 10.9. The third kappa shape index (κ3) is 4.67. The Morgan fingerprint density at radius 3 is 2.39 bits per heavy atom. The topological polar surface area (TPSA) is 162 Å². The van der Waals surface area contributed by atoms with Crippen molar-refractivity contribution in [1.82, 2.24) is 4.98 Å². The summed E-state index contributed by atoms with van der Waals surface area (Å²) in [6.45, 7) is -0.491. The molecular formula is C34H33NO9. The molecule has 0 radical (unpaired) electrons. The van der Waals surface area contributed by atoms with Gasteiger partial charge >= 0.3 is 5.97 Å². The summed E-state index contributed by atoms with van der Waals surface area (Å²) in [5.74, 6) is -3.53. The maximum atomic E-state index is 13.9. The molecule has 6 unspecified atom stereocenters. The number of H-pyrrole nitrogens is 1. The summed E-state index contributed by atoms with van der Waals surface area (Å²) < 4.78 is 17.7. The van der Waals surface area contributed by atoms with Gasteiger partial charge in [0, 0.05) is 6.42 Å². The fourth-order valence-corrected chi connectivity index (χ4v) is 6.67. The number of aliphatic hydroxyl groups excluding tert-OH is 3. The van der Waals surface area contributed by atoms with Crippen molar-refractivity contribution in [3.8, 4) is 5.75 Å². The van der Waals surface area contributed by atoms with Gasteiger partial charge in [-0.25, -0.2) is 4.79 Å². The molecule has 1 saturated carbocycles. The number of ether oxygens (including phenoxy) is 3. The molecule has 0 spiro atoms. The van der Waals surface area contributed by atoms with Gasteiger partial charge in [-0.1, -0.05) is 60.7 Å². The summed E-state index contributed by atoms with van der Waals surface area (Å²) in [6.07, 6.45) is -6.01. The fourth-order valence-electron chi connectivity index (χ4n) is 6.67. The van der Waals surface area contributed by atoms with Crippen molar-refractivity contribution in [2.75, 3.05) is 0 Å². The summed E-state index contributed by atoms with van der Waals surface area (Å²) in [4.78, 5) is 17.1. The van der Waals surface area contributed by atoms with Crippen molar-refractivity contribution < 1.29 is 44.5 Å². The average molecular weight is 600 g/mol. The predicted octanol–water partition coefficient (Wildman–Crippen LogP) is 3.18. The van der Waals surface area contributed by atoms with Crippen LogP contribution in [0.3, 0.4) is 0 Å². The minimum absolute atomic E-state index is 0.0282. The van der Waals surface area contributed by atoms with E-state index in [9.17, 15) is 30.3 Å². The Balaban J connectivity index is 1.27. The molecule has 1 aromatic heterocycles. The predicted molar refractivity (Wildman–Crippen MR) is 161 cm³/mol. The number of esters is 1. The van der Waals surface area contributed by atoms with E-state index in [1.54, 1.807) is 12.1 Å². The number of carbonyl (C=O) groups is 1. The zero-order valence-corrected chi connectivity index (χ0v) is 23.7. The number of carbonyl (C=O) groups excluding carboxylic acids is 1. The Morgan fingerprint density at radius 1 is 0.955 bits per heavy atom. The third-order valence-corrected chi connectivity index (χ3v) is 9.00. The third-order valence-electron chi connectivity index (χ3n) is 9.00. The normalized spacial score (nSPS) is 28.8. The van der Waals surface area contributed by atoms with E-state index in [0.29, 0.717) is 10.9 Å². The highest BCUT2D eigenvalue weighted by Crippen LogP contribution is 2.47. The van der Waals surface area contributed by atoms with Gasteiger partial charge in [-0.2, -0.15) is 0 Å². The van der Waals surface area contributed by atoms with Gasteiger partial charge in [0.1, 0.15) is 17.8 Å². The van der Waals surface area contributed by atoms with Crippen LogP contribution >= 0.6 is 0 Å². The van der Waals surface area contributed by atoms with E-state index in [0.717, 1.165) is 27.1 Å². The van der Waals surface area contributed by atoms with Crippen LogP contribution in [0.2, 0.25) is 0 Å². The summed E-state index contributed by atoms with van der Waals surface area (Å²) in [5, 5.41) is 58.9. The highest BCUT2D eigenvalue weighted by atomic mass is 16.7. The molecule has 7 rings (SSSR count). The molecule has 44 heavy (non-hydrogen) atoms. The summed E-state index contributed by atoms with van der Waals surface area (Å²) in [5.41, 5.74) is -0.407. The molecule has 2 heterocycles. The number of hydrogen-bond acceptors (Lipinski definition) is 9. The van der Waals surface area contributed by atoms with Gasteiger partial charge in [-0.15, -0.1) is 0 Å². The molecule has 0 bridgehead atoms. The number of fused-ring (bicyclic) bond motifs is 4. The van der Waals surface area contributed by atoms with E-state index in [-0.39, 0.29) is 37.3 Å². The molecule has 0 amide bonds. The van der Waals surface area contributed by atoms with Gasteiger partial charge in [0.15, 0.2) is 11.9 Å². The average Bonchev–Trinajstić information content (AvgIpc) is 3.67. The Bertz CT molecular complexity index is 1860. The Hall–Kier alpha value is -3.87. The first-order chi connectivity index (χ1) is 21.2. The van der Waals surface area contributed by atoms with Crippen LogP contribution in [-0.2, 0) is 27.5 Å². The molecule has 2 fully saturated rings. The zero-order valence-electron chi connectivity index (χ0n) is 23.7. The molecule has 1 aliphatic heterocycles. The lowest BCUT2D eigenvalue weighted by Crippen LogP contribution is -2.60. The number of benzene rings is 4. The van der Waals surface area contributed by atoms with Crippen molar-refractivity contribution in [2.45, 2.75) is 68.3 Å². The van der Waals surface area contributed by atoms with Crippen LogP contribution in [0.5, 0.6) is 5.75 Å². The van der Waals surface area contributed by atoms with E-state index in [1.165, 1.54) is 0 Å². The van der Waals surface area contributed by atoms with Crippen LogP contribution in [0.25, 0.3) is 32.4 Å². The first-order valence-corrected chi connectivity index (χ1v) is 14.6. The minimum Gasteiger partial charge on any atom is -0.422 e. The van der Waals surface area contributed by atoms with Gasteiger partial charge in [0.25, 0.3) is 0 Å². The number of aromatic amines is 1. The second-order valence-electron chi connectivity index (χ2n) is 11.8. The molecule has 228 valence electrons. The summed E-state index contributed by atoms with van der Waals surface area (Å²) in [7, 11) is 0. The highest BCUT2D eigenvalue weighted by Gasteiger charge is 2.68. The fraction of sp³-hybridized carbons (Fsp3) is 0.324. The minimum atomic E-state index is -2.62. The monoisotopic (exact) mass is 599 g/mol. The molecular weight excluding hydrogens is 566 g/mol. The quantitative estimate of drug-likeness (QED) is 0.122. The SMILES string of the molecule is O=C(Oc1c(CO)[nH]c2ccc3cc4ccccc4cc3c12)C1OC(O)(C2(O)CCC(O)C2)C(O)C1OCc1ccccc1. The van der Waals surface area contributed by atoms with Crippen LogP contribution in [0.1, 0.15) is 30.5 Å². The van der Waals surface area contributed by atoms with Gasteiger partial charge < -0.3 is 44.7 Å². The second-order valence-corrected chi connectivity index (χ2v) is 11.8. The van der Waals surface area contributed by atoms with Crippen LogP contribution < -0.4 is 4.74 Å². The smallest absolute Gasteiger partial charge is 0.343 e. The first-order valence-electron chi connectivity index (χ1n) is 14.6. The Kier molecular flexibility index (Phi) is 7.18. The van der Waals surface area contributed by atoms with Crippen LogP contribution in [-0.4, -0.2) is 72.3 Å². The van der Waals surface area contributed by atoms with Gasteiger partial charge in [-0.05, 0) is 58.1 Å². The number of hydrogen-bond donors (Lipinski definition) is 6. The number of nitrogens with one attached hydrogen (secondary N) is 1. The van der Waals surface area contributed by atoms with E-state index in [4.69, 9.17) is 14.2 Å². The van der Waals surface area contributed by atoms with E-state index >= 15 is 0 Å². The Labute approximate surface area is 252 Å². The van der Waals surface area contributed by atoms with Gasteiger partial charge in [-0.3, -0.25) is 0 Å². The van der Waals surface area contributed by atoms with E-state index in [2.05, 4.69) is 4.98 Å². The van der Waals surface area contributed by atoms with Crippen molar-refractivity contribution in [1.29, 1.82) is 0 Å².